The fraction of sp³-hybridized carbons (Fsp3) is 0.448. The monoisotopic (exact) mass is 439 g/mol. The molecule has 4 heteroatoms. The third-order valence-corrected chi connectivity index (χ3v) is 8.04. The van der Waals surface area contributed by atoms with Gasteiger partial charge in [-0.2, -0.15) is 0 Å². The van der Waals surface area contributed by atoms with E-state index in [1.807, 2.05) is 0 Å². The summed E-state index contributed by atoms with van der Waals surface area (Å²) in [5, 5.41) is 3.57. The summed E-state index contributed by atoms with van der Waals surface area (Å²) < 4.78 is 13.1. The van der Waals surface area contributed by atoms with Crippen molar-refractivity contribution in [3.05, 3.63) is 70.0 Å². The van der Waals surface area contributed by atoms with Crippen LogP contribution < -0.4 is 25.7 Å². The summed E-state index contributed by atoms with van der Waals surface area (Å²) in [6.07, 6.45) is 3.06. The van der Waals surface area contributed by atoms with E-state index in [2.05, 4.69) is 97.1 Å². The Balaban J connectivity index is 1.63. The number of allylic oxidation sites excluding steroid dienone is 2. The van der Waals surface area contributed by atoms with Crippen molar-refractivity contribution >= 4 is 17.6 Å². The number of ether oxygens (including phenoxy) is 2. The molecule has 0 aromatic heterocycles. The van der Waals surface area contributed by atoms with Gasteiger partial charge in [0.25, 0.3) is 6.71 Å². The average molecular weight is 439 g/mol. The highest BCUT2D eigenvalue weighted by molar-refractivity contribution is 6.92. The van der Waals surface area contributed by atoms with Crippen LogP contribution in [0.3, 0.4) is 0 Å². The molecule has 2 aromatic rings. The van der Waals surface area contributed by atoms with Gasteiger partial charge >= 0.3 is 0 Å². The third-order valence-electron chi connectivity index (χ3n) is 8.04. The molecule has 0 saturated carbocycles. The van der Waals surface area contributed by atoms with Gasteiger partial charge in [0, 0.05) is 11.2 Å². The zero-order valence-electron chi connectivity index (χ0n) is 21.1. The van der Waals surface area contributed by atoms with E-state index in [4.69, 9.17) is 9.47 Å². The van der Waals surface area contributed by atoms with E-state index in [1.54, 1.807) is 0 Å². The van der Waals surface area contributed by atoms with Crippen molar-refractivity contribution in [3.8, 4) is 11.5 Å². The van der Waals surface area contributed by atoms with E-state index in [0.29, 0.717) is 0 Å². The maximum absolute atomic E-state index is 6.65. The predicted octanol–water partition coefficient (Wildman–Crippen LogP) is 4.96. The molecule has 33 heavy (non-hydrogen) atoms. The smallest absolute Gasteiger partial charge is 0.258 e. The highest BCUT2D eigenvalue weighted by Crippen LogP contribution is 2.50. The van der Waals surface area contributed by atoms with Gasteiger partial charge in [-0.15, -0.1) is 0 Å². The summed E-state index contributed by atoms with van der Waals surface area (Å²) in [7, 11) is 0. The second-order valence-corrected chi connectivity index (χ2v) is 12.7. The van der Waals surface area contributed by atoms with E-state index < -0.39 is 0 Å². The van der Waals surface area contributed by atoms with E-state index in [9.17, 15) is 0 Å². The Kier molecular flexibility index (Phi) is 3.99. The highest BCUT2D eigenvalue weighted by Gasteiger charge is 2.49. The minimum Gasteiger partial charge on any atom is -0.468 e. The van der Waals surface area contributed by atoms with Crippen LogP contribution in [0.15, 0.2) is 53.3 Å². The SMILES string of the molecule is CC1=CC2=C3B(c4cc(C(C)(C)C)ccc4O2)c2cc4c(cc2OC3N1)C(C)(C)CC4(C)C. The van der Waals surface area contributed by atoms with E-state index in [-0.39, 0.29) is 29.2 Å². The molecule has 1 aliphatic carbocycles. The van der Waals surface area contributed by atoms with Crippen LogP contribution in [-0.4, -0.2) is 12.9 Å². The predicted molar refractivity (Wildman–Crippen MR) is 136 cm³/mol. The molecular weight excluding hydrogens is 405 g/mol. The van der Waals surface area contributed by atoms with Crippen LogP contribution in [0.5, 0.6) is 11.5 Å². The normalized spacial score (nSPS) is 23.3. The first-order valence-electron chi connectivity index (χ1n) is 12.2. The van der Waals surface area contributed by atoms with Gasteiger partial charge in [0.05, 0.1) is 0 Å². The standard InChI is InChI=1S/C29H34BNO2/c1-16-11-24-25-26(31-16)33-23-14-19-18(28(5,6)15-29(19,7)8)13-21(23)30(25)20-12-17(27(2,3)4)9-10-22(20)32-24/h9-14,26,31H,15H2,1-8H3. The number of dihydropyridines is 1. The van der Waals surface area contributed by atoms with Gasteiger partial charge in [0.1, 0.15) is 17.3 Å². The number of hydrogen-bond acceptors (Lipinski definition) is 3. The van der Waals surface area contributed by atoms with Gasteiger partial charge < -0.3 is 14.8 Å². The summed E-state index contributed by atoms with van der Waals surface area (Å²) in [5.41, 5.74) is 9.36. The molecular formula is C29H34BNO2. The Morgan fingerprint density at radius 2 is 1.61 bits per heavy atom. The molecule has 0 amide bonds. The number of hydrogen-bond donors (Lipinski definition) is 1. The molecule has 3 heterocycles. The molecule has 1 unspecified atom stereocenters. The van der Waals surface area contributed by atoms with Crippen LogP contribution >= 0.6 is 0 Å². The van der Waals surface area contributed by atoms with Crippen LogP contribution in [0.2, 0.25) is 0 Å². The fourth-order valence-electron chi connectivity index (χ4n) is 6.63. The van der Waals surface area contributed by atoms with Crippen LogP contribution in [0.4, 0.5) is 0 Å². The first-order valence-corrected chi connectivity index (χ1v) is 12.2. The average Bonchev–Trinajstić information content (AvgIpc) is 2.88. The number of nitrogens with one attached hydrogen (secondary N) is 1. The first-order chi connectivity index (χ1) is 15.3. The van der Waals surface area contributed by atoms with Gasteiger partial charge in [-0.1, -0.05) is 66.7 Å². The molecule has 4 aliphatic rings. The van der Waals surface area contributed by atoms with E-state index in [1.165, 1.54) is 33.1 Å². The topological polar surface area (TPSA) is 30.5 Å². The summed E-state index contributed by atoms with van der Waals surface area (Å²) in [5.74, 6) is 2.90. The zero-order valence-corrected chi connectivity index (χ0v) is 21.1. The number of rotatable bonds is 0. The Bertz CT molecular complexity index is 1280. The maximum atomic E-state index is 6.65. The molecule has 0 spiro atoms. The van der Waals surface area contributed by atoms with Crippen LogP contribution in [0, 0.1) is 0 Å². The lowest BCUT2D eigenvalue weighted by molar-refractivity contribution is 0.206. The van der Waals surface area contributed by atoms with Gasteiger partial charge in [0.2, 0.25) is 0 Å². The Hall–Kier alpha value is -2.62. The second-order valence-electron chi connectivity index (χ2n) is 12.7. The maximum Gasteiger partial charge on any atom is 0.258 e. The molecule has 1 N–H and O–H groups in total. The van der Waals surface area contributed by atoms with Gasteiger partial charge in [-0.3, -0.25) is 0 Å². The van der Waals surface area contributed by atoms with Crippen molar-refractivity contribution in [1.29, 1.82) is 0 Å². The zero-order chi connectivity index (χ0) is 23.5. The largest absolute Gasteiger partial charge is 0.468 e. The van der Waals surface area contributed by atoms with Crippen molar-refractivity contribution in [2.24, 2.45) is 0 Å². The molecule has 0 radical (unpaired) electrons. The summed E-state index contributed by atoms with van der Waals surface area (Å²) in [6, 6.07) is 11.5. The lowest BCUT2D eigenvalue weighted by atomic mass is 9.33. The lowest BCUT2D eigenvalue weighted by Gasteiger charge is -2.41. The number of fused-ring (bicyclic) bond motifs is 5. The van der Waals surface area contributed by atoms with Crippen molar-refractivity contribution in [2.45, 2.75) is 84.3 Å². The van der Waals surface area contributed by atoms with Gasteiger partial charge in [0.15, 0.2) is 6.23 Å². The summed E-state index contributed by atoms with van der Waals surface area (Å²) in [6.45, 7) is 18.5. The molecule has 3 aliphatic heterocycles. The van der Waals surface area contributed by atoms with Crippen LogP contribution in [-0.2, 0) is 16.2 Å². The van der Waals surface area contributed by atoms with Crippen molar-refractivity contribution in [2.75, 3.05) is 0 Å². The first kappa shape index (κ1) is 21.0. The quantitative estimate of drug-likeness (QED) is 0.589. The molecule has 0 saturated heterocycles. The second kappa shape index (κ2) is 6.28. The minimum absolute atomic E-state index is 0.0718. The molecule has 0 bridgehead atoms. The van der Waals surface area contributed by atoms with Crippen LogP contribution in [0.25, 0.3) is 0 Å². The minimum atomic E-state index is -0.204. The van der Waals surface area contributed by atoms with E-state index in [0.717, 1.165) is 29.4 Å². The summed E-state index contributed by atoms with van der Waals surface area (Å²) in [4.78, 5) is 0. The Morgan fingerprint density at radius 1 is 0.939 bits per heavy atom. The fourth-order valence-corrected chi connectivity index (χ4v) is 6.63. The number of benzene rings is 2. The molecule has 0 fully saturated rings. The molecule has 2 aromatic carbocycles. The van der Waals surface area contributed by atoms with Crippen LogP contribution in [0.1, 0.15) is 78.5 Å². The summed E-state index contributed by atoms with van der Waals surface area (Å²) >= 11 is 0. The Labute approximate surface area is 198 Å². The molecule has 6 rings (SSSR count). The van der Waals surface area contributed by atoms with Gasteiger partial charge in [-0.25, -0.2) is 0 Å². The lowest BCUT2D eigenvalue weighted by Crippen LogP contribution is -2.60. The van der Waals surface area contributed by atoms with Crippen molar-refractivity contribution in [1.82, 2.24) is 5.32 Å². The molecule has 3 nitrogen and oxygen atoms in total. The van der Waals surface area contributed by atoms with Gasteiger partial charge in [-0.05, 0) is 75.4 Å². The Morgan fingerprint density at radius 3 is 2.30 bits per heavy atom. The highest BCUT2D eigenvalue weighted by atomic mass is 16.5. The third kappa shape index (κ3) is 2.95. The van der Waals surface area contributed by atoms with Crippen molar-refractivity contribution in [3.63, 3.8) is 0 Å². The molecule has 170 valence electrons. The van der Waals surface area contributed by atoms with E-state index >= 15 is 0 Å². The molecule has 1 atom stereocenters. The van der Waals surface area contributed by atoms with Crippen molar-refractivity contribution < 1.29 is 9.47 Å².